The summed E-state index contributed by atoms with van der Waals surface area (Å²) in [7, 11) is 1.87. The van der Waals surface area contributed by atoms with Gasteiger partial charge in [0.15, 0.2) is 5.82 Å². The molecular weight excluding hydrogens is 344 g/mol. The fourth-order valence-electron chi connectivity index (χ4n) is 3.01. The lowest BCUT2D eigenvalue weighted by molar-refractivity contribution is 0.273. The Balaban J connectivity index is 1.73. The zero-order valence-electron chi connectivity index (χ0n) is 12.2. The molecule has 3 aromatic rings. The lowest BCUT2D eigenvalue weighted by Gasteiger charge is -2.39. The molecule has 1 fully saturated rings. The minimum Gasteiger partial charge on any atom is -0.334 e. The Morgan fingerprint density at radius 3 is 2.59 bits per heavy atom. The molecule has 0 radical (unpaired) electrons. The van der Waals surface area contributed by atoms with E-state index in [1.54, 1.807) is 10.9 Å². The molecule has 0 N–H and O–H groups in total. The van der Waals surface area contributed by atoms with Gasteiger partial charge in [0, 0.05) is 17.7 Å². The lowest BCUT2D eigenvalue weighted by Crippen LogP contribution is -2.36. The largest absolute Gasteiger partial charge is 0.334 e. The predicted molar refractivity (Wildman–Crippen MR) is 85.3 cm³/mol. The van der Waals surface area contributed by atoms with E-state index in [2.05, 4.69) is 55.4 Å². The number of rotatable bonds is 3. The molecule has 0 spiro atoms. The third-order valence-corrected chi connectivity index (χ3v) is 4.94. The van der Waals surface area contributed by atoms with Crippen LogP contribution in [0.5, 0.6) is 0 Å². The van der Waals surface area contributed by atoms with Crippen molar-refractivity contribution < 1.29 is 4.52 Å². The molecule has 5 nitrogen and oxygen atoms in total. The summed E-state index contributed by atoms with van der Waals surface area (Å²) in [6.07, 6.45) is 6.92. The quantitative estimate of drug-likeness (QED) is 0.716. The third kappa shape index (κ3) is 2.09. The smallest absolute Gasteiger partial charge is 0.261 e. The van der Waals surface area contributed by atoms with Crippen molar-refractivity contribution in [1.82, 2.24) is 19.9 Å². The number of halogens is 1. The van der Waals surface area contributed by atoms with Crippen LogP contribution < -0.4 is 0 Å². The fourth-order valence-corrected chi connectivity index (χ4v) is 3.27. The van der Waals surface area contributed by atoms with Crippen LogP contribution in [0.4, 0.5) is 0 Å². The van der Waals surface area contributed by atoms with Gasteiger partial charge in [-0.3, -0.25) is 4.68 Å². The molecule has 1 saturated carbocycles. The Hall–Kier alpha value is -1.95. The van der Waals surface area contributed by atoms with E-state index in [-0.39, 0.29) is 5.41 Å². The van der Waals surface area contributed by atoms with Crippen LogP contribution in [0.1, 0.15) is 30.7 Å². The molecule has 1 aliphatic carbocycles. The molecule has 2 heterocycles. The maximum Gasteiger partial charge on any atom is 0.261 e. The Labute approximate surface area is 136 Å². The molecule has 0 saturated heterocycles. The van der Waals surface area contributed by atoms with Gasteiger partial charge < -0.3 is 4.52 Å². The maximum atomic E-state index is 5.47. The second-order valence-electron chi connectivity index (χ2n) is 5.77. The first-order chi connectivity index (χ1) is 10.7. The molecule has 0 aliphatic heterocycles. The minimum atomic E-state index is -0.106. The summed E-state index contributed by atoms with van der Waals surface area (Å²) in [6, 6.07) is 8.42. The summed E-state index contributed by atoms with van der Waals surface area (Å²) in [5.74, 6) is 1.31. The van der Waals surface area contributed by atoms with Gasteiger partial charge in [0.1, 0.15) is 0 Å². The van der Waals surface area contributed by atoms with E-state index in [1.165, 1.54) is 12.0 Å². The van der Waals surface area contributed by atoms with Crippen molar-refractivity contribution in [2.75, 3.05) is 0 Å². The summed E-state index contributed by atoms with van der Waals surface area (Å²) in [5.41, 5.74) is 2.00. The lowest BCUT2D eigenvalue weighted by atomic mass is 9.64. The topological polar surface area (TPSA) is 56.7 Å². The molecular formula is C16H15BrN4O. The fraction of sp³-hybridized carbons (Fsp3) is 0.312. The SMILES string of the molecule is Cn1cc(-c2nc(C3(c4ccc(Br)cc4)CCC3)no2)cn1. The van der Waals surface area contributed by atoms with Gasteiger partial charge >= 0.3 is 0 Å². The molecule has 6 heteroatoms. The van der Waals surface area contributed by atoms with E-state index in [4.69, 9.17) is 4.52 Å². The van der Waals surface area contributed by atoms with Gasteiger partial charge in [-0.05, 0) is 30.5 Å². The predicted octanol–water partition coefficient (Wildman–Crippen LogP) is 3.70. The van der Waals surface area contributed by atoms with E-state index >= 15 is 0 Å². The molecule has 0 bridgehead atoms. The first-order valence-corrected chi connectivity index (χ1v) is 8.06. The number of aromatic nitrogens is 4. The molecule has 1 aliphatic rings. The average molecular weight is 359 g/mol. The third-order valence-electron chi connectivity index (χ3n) is 4.41. The number of hydrogen-bond donors (Lipinski definition) is 0. The van der Waals surface area contributed by atoms with Crippen LogP contribution >= 0.6 is 15.9 Å². The highest BCUT2D eigenvalue weighted by Crippen LogP contribution is 2.48. The van der Waals surface area contributed by atoms with E-state index in [1.807, 2.05) is 13.2 Å². The first kappa shape index (κ1) is 13.7. The standard InChI is InChI=1S/C16H15BrN4O/c1-21-10-11(9-18-21)14-19-15(20-22-14)16(7-2-8-16)12-3-5-13(17)6-4-12/h3-6,9-10H,2,7-8H2,1H3. The van der Waals surface area contributed by atoms with Crippen LogP contribution in [-0.2, 0) is 12.5 Å². The van der Waals surface area contributed by atoms with E-state index < -0.39 is 0 Å². The maximum absolute atomic E-state index is 5.47. The normalized spacial score (nSPS) is 16.5. The monoisotopic (exact) mass is 358 g/mol. The minimum absolute atomic E-state index is 0.106. The van der Waals surface area contributed by atoms with Crippen LogP contribution in [-0.4, -0.2) is 19.9 Å². The van der Waals surface area contributed by atoms with Crippen molar-refractivity contribution >= 4 is 15.9 Å². The van der Waals surface area contributed by atoms with Crippen LogP contribution in [0.15, 0.2) is 45.7 Å². The van der Waals surface area contributed by atoms with Gasteiger partial charge in [0.25, 0.3) is 5.89 Å². The second kappa shape index (κ2) is 5.05. The molecule has 22 heavy (non-hydrogen) atoms. The number of benzene rings is 1. The highest BCUT2D eigenvalue weighted by Gasteiger charge is 2.44. The van der Waals surface area contributed by atoms with E-state index in [0.717, 1.165) is 28.7 Å². The van der Waals surface area contributed by atoms with Gasteiger partial charge in [-0.2, -0.15) is 10.1 Å². The summed E-state index contributed by atoms with van der Waals surface area (Å²) in [4.78, 5) is 4.64. The Morgan fingerprint density at radius 2 is 2.00 bits per heavy atom. The van der Waals surface area contributed by atoms with E-state index in [0.29, 0.717) is 5.89 Å². The Kier molecular flexibility index (Phi) is 3.14. The summed E-state index contributed by atoms with van der Waals surface area (Å²) >= 11 is 3.49. The second-order valence-corrected chi connectivity index (χ2v) is 6.68. The van der Waals surface area contributed by atoms with Gasteiger partial charge in [-0.1, -0.05) is 39.6 Å². The molecule has 1 aromatic carbocycles. The summed E-state index contributed by atoms with van der Waals surface area (Å²) < 4.78 is 8.28. The Bertz CT molecular complexity index is 802. The zero-order chi connectivity index (χ0) is 15.2. The van der Waals surface area contributed by atoms with Crippen LogP contribution in [0.2, 0.25) is 0 Å². The first-order valence-electron chi connectivity index (χ1n) is 7.27. The van der Waals surface area contributed by atoms with Gasteiger partial charge in [0.2, 0.25) is 0 Å². The molecule has 112 valence electrons. The highest BCUT2D eigenvalue weighted by molar-refractivity contribution is 9.10. The zero-order valence-corrected chi connectivity index (χ0v) is 13.7. The van der Waals surface area contributed by atoms with Gasteiger partial charge in [0.05, 0.1) is 17.2 Å². The van der Waals surface area contributed by atoms with Crippen LogP contribution in [0, 0.1) is 0 Å². The van der Waals surface area contributed by atoms with Crippen LogP contribution in [0.3, 0.4) is 0 Å². The van der Waals surface area contributed by atoms with Gasteiger partial charge in [-0.25, -0.2) is 0 Å². The summed E-state index contributed by atoms with van der Waals surface area (Å²) in [5, 5.41) is 8.41. The number of hydrogen-bond acceptors (Lipinski definition) is 4. The molecule has 2 aromatic heterocycles. The molecule has 0 amide bonds. The van der Waals surface area contributed by atoms with Crippen molar-refractivity contribution in [3.05, 3.63) is 52.5 Å². The summed E-state index contributed by atoms with van der Waals surface area (Å²) in [6.45, 7) is 0. The van der Waals surface area contributed by atoms with E-state index in [9.17, 15) is 0 Å². The molecule has 0 unspecified atom stereocenters. The van der Waals surface area contributed by atoms with Crippen molar-refractivity contribution in [2.24, 2.45) is 7.05 Å². The number of nitrogens with zero attached hydrogens (tertiary/aromatic N) is 4. The highest BCUT2D eigenvalue weighted by atomic mass is 79.9. The average Bonchev–Trinajstić information content (AvgIpc) is 3.09. The van der Waals surface area contributed by atoms with Crippen molar-refractivity contribution in [3.63, 3.8) is 0 Å². The van der Waals surface area contributed by atoms with Crippen molar-refractivity contribution in [3.8, 4) is 11.5 Å². The molecule has 4 rings (SSSR count). The van der Waals surface area contributed by atoms with Crippen molar-refractivity contribution in [2.45, 2.75) is 24.7 Å². The molecule has 0 atom stereocenters. The number of aryl methyl sites for hydroxylation is 1. The van der Waals surface area contributed by atoms with Crippen molar-refractivity contribution in [1.29, 1.82) is 0 Å². The Morgan fingerprint density at radius 1 is 1.23 bits per heavy atom. The van der Waals surface area contributed by atoms with Gasteiger partial charge in [-0.15, -0.1) is 0 Å². The van der Waals surface area contributed by atoms with Crippen LogP contribution in [0.25, 0.3) is 11.5 Å².